The van der Waals surface area contributed by atoms with Crippen LogP contribution in [0.25, 0.3) is 0 Å². The second kappa shape index (κ2) is 8.35. The summed E-state index contributed by atoms with van der Waals surface area (Å²) in [6, 6.07) is 8.99. The quantitative estimate of drug-likeness (QED) is 0.839. The summed E-state index contributed by atoms with van der Waals surface area (Å²) in [5.41, 5.74) is 2.52. The second-order valence-corrected chi connectivity index (χ2v) is 6.15. The zero-order valence-corrected chi connectivity index (χ0v) is 13.8. The van der Waals surface area contributed by atoms with Crippen LogP contribution < -0.4 is 10.6 Å². The second-order valence-electron chi connectivity index (χ2n) is 6.15. The minimum atomic E-state index is -0.206. The van der Waals surface area contributed by atoms with E-state index in [1.165, 1.54) is 5.57 Å². The highest BCUT2D eigenvalue weighted by Gasteiger charge is 2.19. The van der Waals surface area contributed by atoms with E-state index in [0.29, 0.717) is 11.3 Å². The number of nitrogens with zero attached hydrogens (tertiary/aromatic N) is 2. The predicted octanol–water partition coefficient (Wildman–Crippen LogP) is 3.11. The van der Waals surface area contributed by atoms with Gasteiger partial charge >= 0.3 is 6.03 Å². The predicted molar refractivity (Wildman–Crippen MR) is 92.2 cm³/mol. The molecule has 1 saturated heterocycles. The largest absolute Gasteiger partial charge is 0.335 e. The van der Waals surface area contributed by atoms with Crippen molar-refractivity contribution in [2.24, 2.45) is 0 Å². The van der Waals surface area contributed by atoms with Crippen molar-refractivity contribution in [2.45, 2.75) is 32.7 Å². The zero-order chi connectivity index (χ0) is 16.7. The lowest BCUT2D eigenvalue weighted by atomic mass is 10.1. The highest BCUT2D eigenvalue weighted by atomic mass is 16.2. The van der Waals surface area contributed by atoms with Crippen molar-refractivity contribution < 1.29 is 4.79 Å². The topological polar surface area (TPSA) is 68.2 Å². The normalized spacial score (nSPS) is 15.5. The molecule has 23 heavy (non-hydrogen) atoms. The van der Waals surface area contributed by atoms with Crippen molar-refractivity contribution in [3.8, 4) is 6.07 Å². The molecule has 1 fully saturated rings. The summed E-state index contributed by atoms with van der Waals surface area (Å²) >= 11 is 0. The van der Waals surface area contributed by atoms with Crippen molar-refractivity contribution in [3.05, 3.63) is 41.5 Å². The van der Waals surface area contributed by atoms with Crippen LogP contribution in [0.15, 0.2) is 35.9 Å². The molecule has 0 saturated carbocycles. The Kier molecular flexibility index (Phi) is 6.19. The number of anilines is 1. The average Bonchev–Trinajstić information content (AvgIpc) is 2.54. The number of likely N-dealkylation sites (tertiary alicyclic amines) is 1. The summed E-state index contributed by atoms with van der Waals surface area (Å²) in [7, 11) is 0. The molecule has 2 rings (SSSR count). The number of hydrogen-bond donors (Lipinski definition) is 2. The molecule has 1 aromatic carbocycles. The Labute approximate surface area is 138 Å². The molecule has 0 unspecified atom stereocenters. The molecule has 5 nitrogen and oxygen atoms in total. The lowest BCUT2D eigenvalue weighted by Gasteiger charge is -2.31. The molecule has 5 heteroatoms. The number of rotatable bonds is 4. The molecule has 0 bridgehead atoms. The highest BCUT2D eigenvalue weighted by Crippen LogP contribution is 2.12. The number of carbonyl (C=O) groups is 1. The zero-order valence-electron chi connectivity index (χ0n) is 13.8. The van der Waals surface area contributed by atoms with Crippen LogP contribution in [0.4, 0.5) is 10.5 Å². The van der Waals surface area contributed by atoms with E-state index >= 15 is 0 Å². The summed E-state index contributed by atoms with van der Waals surface area (Å²) in [6.45, 7) is 7.21. The molecule has 0 spiro atoms. The van der Waals surface area contributed by atoms with Gasteiger partial charge in [0.2, 0.25) is 0 Å². The fourth-order valence-electron chi connectivity index (χ4n) is 2.59. The Morgan fingerprint density at radius 3 is 2.78 bits per heavy atom. The molecule has 1 aromatic rings. The minimum Gasteiger partial charge on any atom is -0.335 e. The number of amides is 2. The third-order valence-electron chi connectivity index (χ3n) is 3.93. The fourth-order valence-corrected chi connectivity index (χ4v) is 2.59. The van der Waals surface area contributed by atoms with Gasteiger partial charge in [0.15, 0.2) is 0 Å². The van der Waals surface area contributed by atoms with Gasteiger partial charge < -0.3 is 10.6 Å². The lowest BCUT2D eigenvalue weighted by molar-refractivity contribution is 0.209. The van der Waals surface area contributed by atoms with Gasteiger partial charge in [0.05, 0.1) is 11.6 Å². The summed E-state index contributed by atoms with van der Waals surface area (Å²) in [6.07, 6.45) is 4.16. The molecular formula is C18H24N4O. The van der Waals surface area contributed by atoms with Gasteiger partial charge in [0.25, 0.3) is 0 Å². The molecule has 1 aliphatic rings. The Morgan fingerprint density at radius 2 is 2.13 bits per heavy atom. The first kappa shape index (κ1) is 17.0. The highest BCUT2D eigenvalue weighted by molar-refractivity contribution is 5.89. The molecule has 0 radical (unpaired) electrons. The number of hydrogen-bond acceptors (Lipinski definition) is 3. The van der Waals surface area contributed by atoms with E-state index in [-0.39, 0.29) is 12.1 Å². The SMILES string of the molecule is CC(C)=CCN1CCC(NC(=O)Nc2cccc(C#N)c2)CC1. The summed E-state index contributed by atoms with van der Waals surface area (Å²) in [4.78, 5) is 14.5. The third kappa shape index (κ3) is 5.76. The van der Waals surface area contributed by atoms with Gasteiger partial charge in [-0.25, -0.2) is 4.79 Å². The number of benzene rings is 1. The van der Waals surface area contributed by atoms with E-state index < -0.39 is 0 Å². The van der Waals surface area contributed by atoms with Crippen LogP contribution in [-0.4, -0.2) is 36.6 Å². The Balaban J connectivity index is 1.76. The standard InChI is InChI=1S/C18H24N4O/c1-14(2)6-9-22-10-7-16(8-11-22)20-18(23)21-17-5-3-4-15(12-17)13-19/h3-6,12,16H,7-11H2,1-2H3,(H2,20,21,23). The average molecular weight is 312 g/mol. The van der Waals surface area contributed by atoms with Crippen molar-refractivity contribution >= 4 is 11.7 Å². The van der Waals surface area contributed by atoms with E-state index in [1.54, 1.807) is 24.3 Å². The van der Waals surface area contributed by atoms with Gasteiger partial charge in [-0.15, -0.1) is 0 Å². The van der Waals surface area contributed by atoms with Crippen LogP contribution in [-0.2, 0) is 0 Å². The number of urea groups is 1. The Bertz CT molecular complexity index is 606. The number of carbonyl (C=O) groups excluding carboxylic acids is 1. The first-order chi connectivity index (χ1) is 11.1. The van der Waals surface area contributed by atoms with Crippen molar-refractivity contribution in [1.29, 1.82) is 5.26 Å². The number of nitrogens with one attached hydrogen (secondary N) is 2. The van der Waals surface area contributed by atoms with Crippen LogP contribution in [0.5, 0.6) is 0 Å². The van der Waals surface area contributed by atoms with Crippen LogP contribution >= 0.6 is 0 Å². The fraction of sp³-hybridized carbons (Fsp3) is 0.444. The van der Waals surface area contributed by atoms with Crippen molar-refractivity contribution in [2.75, 3.05) is 25.0 Å². The molecule has 0 aromatic heterocycles. The van der Waals surface area contributed by atoms with E-state index in [0.717, 1.165) is 32.5 Å². The van der Waals surface area contributed by atoms with Gasteiger partial charge in [0.1, 0.15) is 0 Å². The van der Waals surface area contributed by atoms with Crippen LogP contribution in [0.3, 0.4) is 0 Å². The van der Waals surface area contributed by atoms with E-state index in [4.69, 9.17) is 5.26 Å². The molecule has 0 atom stereocenters. The van der Waals surface area contributed by atoms with Crippen LogP contribution in [0.2, 0.25) is 0 Å². The van der Waals surface area contributed by atoms with Gasteiger partial charge in [-0.3, -0.25) is 4.90 Å². The van der Waals surface area contributed by atoms with E-state index in [2.05, 4.69) is 41.5 Å². The van der Waals surface area contributed by atoms with Crippen molar-refractivity contribution in [1.82, 2.24) is 10.2 Å². The summed E-state index contributed by atoms with van der Waals surface area (Å²) < 4.78 is 0. The minimum absolute atomic E-state index is 0.206. The molecule has 0 aliphatic carbocycles. The molecule has 1 heterocycles. The third-order valence-corrected chi connectivity index (χ3v) is 3.93. The lowest BCUT2D eigenvalue weighted by Crippen LogP contribution is -2.45. The monoisotopic (exact) mass is 312 g/mol. The summed E-state index contributed by atoms with van der Waals surface area (Å²) in [5.74, 6) is 0. The van der Waals surface area contributed by atoms with Crippen molar-refractivity contribution in [3.63, 3.8) is 0 Å². The Morgan fingerprint density at radius 1 is 1.39 bits per heavy atom. The van der Waals surface area contributed by atoms with E-state index in [1.807, 2.05) is 0 Å². The Hall–Kier alpha value is -2.32. The molecule has 2 N–H and O–H groups in total. The van der Waals surface area contributed by atoms with Crippen LogP contribution in [0, 0.1) is 11.3 Å². The molecule has 1 aliphatic heterocycles. The molecule has 122 valence electrons. The number of allylic oxidation sites excluding steroid dienone is 1. The van der Waals surface area contributed by atoms with Gasteiger partial charge in [-0.1, -0.05) is 17.7 Å². The van der Waals surface area contributed by atoms with E-state index in [9.17, 15) is 4.79 Å². The van der Waals surface area contributed by atoms with Gasteiger partial charge in [0, 0.05) is 31.4 Å². The maximum Gasteiger partial charge on any atom is 0.319 e. The van der Waals surface area contributed by atoms with Crippen LogP contribution in [0.1, 0.15) is 32.3 Å². The van der Waals surface area contributed by atoms with Gasteiger partial charge in [-0.05, 0) is 44.9 Å². The smallest absolute Gasteiger partial charge is 0.319 e. The maximum atomic E-state index is 12.0. The number of nitriles is 1. The molecule has 2 amide bonds. The first-order valence-electron chi connectivity index (χ1n) is 8.00. The number of piperidine rings is 1. The first-order valence-corrected chi connectivity index (χ1v) is 8.00. The molecular weight excluding hydrogens is 288 g/mol. The maximum absolute atomic E-state index is 12.0. The summed E-state index contributed by atoms with van der Waals surface area (Å²) in [5, 5.41) is 14.7. The van der Waals surface area contributed by atoms with Gasteiger partial charge in [-0.2, -0.15) is 5.26 Å².